The third-order valence-electron chi connectivity index (χ3n) is 4.66. The molecule has 0 radical (unpaired) electrons. The summed E-state index contributed by atoms with van der Waals surface area (Å²) in [6, 6.07) is 9.39. The third kappa shape index (κ3) is 5.06. The fourth-order valence-electron chi connectivity index (χ4n) is 3.28. The molecule has 1 aliphatic heterocycles. The van der Waals surface area contributed by atoms with Crippen LogP contribution in [0.25, 0.3) is 0 Å². The van der Waals surface area contributed by atoms with Gasteiger partial charge in [-0.25, -0.2) is 13.1 Å². The zero-order valence-electron chi connectivity index (χ0n) is 14.9. The van der Waals surface area contributed by atoms with Crippen LogP contribution in [0.1, 0.15) is 36.6 Å². The molecule has 0 spiro atoms. The molecule has 1 saturated heterocycles. The van der Waals surface area contributed by atoms with Crippen molar-refractivity contribution in [2.24, 2.45) is 0 Å². The lowest BCUT2D eigenvalue weighted by molar-refractivity contribution is 0.164. The molecule has 7 nitrogen and oxygen atoms in total. The Morgan fingerprint density at radius 3 is 2.54 bits per heavy atom. The van der Waals surface area contributed by atoms with E-state index in [1.165, 1.54) is 12.7 Å². The minimum atomic E-state index is -3.48. The normalized spacial score (nSPS) is 17.1. The molecule has 8 heteroatoms. The van der Waals surface area contributed by atoms with Crippen molar-refractivity contribution in [3.8, 4) is 5.75 Å². The molecule has 1 N–H and O–H groups in total. The number of aromatic nitrogens is 1. The molecule has 142 valence electrons. The summed E-state index contributed by atoms with van der Waals surface area (Å²) in [5.41, 5.74) is 1.48. The van der Waals surface area contributed by atoms with Gasteiger partial charge in [-0.05, 0) is 43.6 Å². The lowest BCUT2D eigenvalue weighted by Gasteiger charge is -2.35. The summed E-state index contributed by atoms with van der Waals surface area (Å²) in [4.78, 5) is 2.35. The fourth-order valence-corrected chi connectivity index (χ4v) is 4.33. The quantitative estimate of drug-likeness (QED) is 0.758. The predicted octanol–water partition coefficient (Wildman–Crippen LogP) is 2.33. The summed E-state index contributed by atoms with van der Waals surface area (Å²) in [7, 11) is -1.85. The average Bonchev–Trinajstić information content (AvgIpc) is 3.15. The van der Waals surface area contributed by atoms with Crippen LogP contribution in [-0.2, 0) is 15.8 Å². The van der Waals surface area contributed by atoms with Crippen molar-refractivity contribution >= 4 is 10.0 Å². The molecule has 0 bridgehead atoms. The first-order valence-corrected chi connectivity index (χ1v) is 10.5. The van der Waals surface area contributed by atoms with Gasteiger partial charge in [0.05, 0.1) is 12.8 Å². The highest BCUT2D eigenvalue weighted by atomic mass is 32.2. The van der Waals surface area contributed by atoms with E-state index in [-0.39, 0.29) is 11.8 Å². The van der Waals surface area contributed by atoms with Crippen molar-refractivity contribution < 1.29 is 17.7 Å². The molecule has 1 aromatic heterocycles. The third-order valence-corrected chi connectivity index (χ3v) is 5.94. The summed E-state index contributed by atoms with van der Waals surface area (Å²) < 4.78 is 37.4. The number of nitrogens with zero attached hydrogens (tertiary/aromatic N) is 2. The van der Waals surface area contributed by atoms with Gasteiger partial charge in [0.25, 0.3) is 0 Å². The van der Waals surface area contributed by atoms with E-state index in [0.717, 1.165) is 37.2 Å². The smallest absolute Gasteiger partial charge is 0.217 e. The van der Waals surface area contributed by atoms with E-state index in [1.54, 1.807) is 13.2 Å². The van der Waals surface area contributed by atoms with Gasteiger partial charge < -0.3 is 9.26 Å². The summed E-state index contributed by atoms with van der Waals surface area (Å²) in [5.74, 6) is 0.608. The molecule has 1 aliphatic rings. The van der Waals surface area contributed by atoms with Crippen LogP contribution in [0.3, 0.4) is 0 Å². The van der Waals surface area contributed by atoms with Crippen LogP contribution >= 0.6 is 0 Å². The van der Waals surface area contributed by atoms with E-state index in [4.69, 9.17) is 9.26 Å². The molecular weight excluding hydrogens is 354 g/mol. The molecule has 2 aromatic rings. The van der Waals surface area contributed by atoms with Gasteiger partial charge in [0.2, 0.25) is 10.0 Å². The monoisotopic (exact) mass is 379 g/mol. The Hall–Kier alpha value is -1.90. The van der Waals surface area contributed by atoms with Crippen molar-refractivity contribution in [2.75, 3.05) is 26.7 Å². The van der Waals surface area contributed by atoms with Crippen LogP contribution in [0.4, 0.5) is 0 Å². The second-order valence-corrected chi connectivity index (χ2v) is 8.29. The van der Waals surface area contributed by atoms with Gasteiger partial charge >= 0.3 is 0 Å². The second-order valence-electron chi connectivity index (χ2n) is 6.48. The second kappa shape index (κ2) is 8.66. The highest BCUT2D eigenvalue weighted by Crippen LogP contribution is 2.26. The maximum Gasteiger partial charge on any atom is 0.217 e. The Bertz CT molecular complexity index is 769. The van der Waals surface area contributed by atoms with Gasteiger partial charge in [-0.2, -0.15) is 0 Å². The molecule has 0 saturated carbocycles. The van der Waals surface area contributed by atoms with E-state index in [2.05, 4.69) is 14.8 Å². The van der Waals surface area contributed by atoms with E-state index in [0.29, 0.717) is 12.2 Å². The number of hydrogen-bond acceptors (Lipinski definition) is 6. The number of benzene rings is 1. The maximum atomic E-state index is 12.4. The Kier molecular flexibility index (Phi) is 6.29. The van der Waals surface area contributed by atoms with E-state index < -0.39 is 10.0 Å². The summed E-state index contributed by atoms with van der Waals surface area (Å²) in [6.45, 7) is 2.27. The number of sulfonamides is 1. The Labute approximate surface area is 154 Å². The maximum absolute atomic E-state index is 12.4. The standard InChI is InChI=1S/C18H25N3O4S/c1-24-17-7-5-15(6-8-17)18(21-10-3-2-4-11-21)13-19-26(22,23)14-16-9-12-25-20-16/h5-9,12,18-19H,2-4,10-11,13-14H2,1H3. The zero-order chi connectivity index (χ0) is 18.4. The predicted molar refractivity (Wildman–Crippen MR) is 98.3 cm³/mol. The van der Waals surface area contributed by atoms with E-state index in [9.17, 15) is 8.42 Å². The molecule has 0 amide bonds. The molecule has 26 heavy (non-hydrogen) atoms. The van der Waals surface area contributed by atoms with Crippen LogP contribution in [0.2, 0.25) is 0 Å². The molecule has 1 unspecified atom stereocenters. The van der Waals surface area contributed by atoms with Gasteiger partial charge in [-0.1, -0.05) is 23.7 Å². The van der Waals surface area contributed by atoms with Crippen molar-refractivity contribution in [2.45, 2.75) is 31.1 Å². The zero-order valence-corrected chi connectivity index (χ0v) is 15.7. The summed E-state index contributed by atoms with van der Waals surface area (Å²) in [6.07, 6.45) is 4.87. The average molecular weight is 379 g/mol. The number of likely N-dealkylation sites (tertiary alicyclic amines) is 1. The number of rotatable bonds is 8. The number of nitrogens with one attached hydrogen (secondary N) is 1. The van der Waals surface area contributed by atoms with Gasteiger partial charge in [-0.3, -0.25) is 4.90 Å². The van der Waals surface area contributed by atoms with Crippen LogP contribution < -0.4 is 9.46 Å². The van der Waals surface area contributed by atoms with Crippen molar-refractivity contribution in [1.29, 1.82) is 0 Å². The van der Waals surface area contributed by atoms with Crippen molar-refractivity contribution in [3.63, 3.8) is 0 Å². The number of hydrogen-bond donors (Lipinski definition) is 1. The minimum Gasteiger partial charge on any atom is -0.497 e. The molecule has 1 aromatic carbocycles. The SMILES string of the molecule is COc1ccc(C(CNS(=O)(=O)Cc2ccon2)N2CCCCC2)cc1. The van der Waals surface area contributed by atoms with Crippen LogP contribution in [0.5, 0.6) is 5.75 Å². The van der Waals surface area contributed by atoms with Gasteiger partial charge in [0, 0.05) is 18.7 Å². The van der Waals surface area contributed by atoms with Crippen LogP contribution in [0.15, 0.2) is 41.1 Å². The van der Waals surface area contributed by atoms with Crippen molar-refractivity contribution in [1.82, 2.24) is 14.8 Å². The first-order chi connectivity index (χ1) is 12.6. The Morgan fingerprint density at radius 2 is 1.92 bits per heavy atom. The Morgan fingerprint density at radius 1 is 1.19 bits per heavy atom. The molecule has 1 fully saturated rings. The summed E-state index contributed by atoms with van der Waals surface area (Å²) >= 11 is 0. The van der Waals surface area contributed by atoms with Crippen LogP contribution in [0, 0.1) is 0 Å². The highest BCUT2D eigenvalue weighted by Gasteiger charge is 2.24. The molecular formula is C18H25N3O4S. The molecule has 2 heterocycles. The van der Waals surface area contributed by atoms with Gasteiger partial charge in [0.1, 0.15) is 17.8 Å². The molecule has 3 rings (SSSR count). The Balaban J connectivity index is 1.72. The number of ether oxygens (including phenoxy) is 1. The van der Waals surface area contributed by atoms with Gasteiger partial charge in [-0.15, -0.1) is 0 Å². The lowest BCUT2D eigenvalue weighted by atomic mass is 10.0. The number of piperidine rings is 1. The lowest BCUT2D eigenvalue weighted by Crippen LogP contribution is -2.40. The van der Waals surface area contributed by atoms with Crippen molar-refractivity contribution in [3.05, 3.63) is 47.9 Å². The molecule has 0 aliphatic carbocycles. The fraction of sp³-hybridized carbons (Fsp3) is 0.500. The first-order valence-electron chi connectivity index (χ1n) is 8.82. The minimum absolute atomic E-state index is 0.00621. The van der Waals surface area contributed by atoms with E-state index in [1.807, 2.05) is 24.3 Å². The van der Waals surface area contributed by atoms with E-state index >= 15 is 0 Å². The highest BCUT2D eigenvalue weighted by molar-refractivity contribution is 7.88. The number of methoxy groups -OCH3 is 1. The summed E-state index contributed by atoms with van der Waals surface area (Å²) in [5, 5.41) is 3.68. The topological polar surface area (TPSA) is 84.7 Å². The van der Waals surface area contributed by atoms with Crippen LogP contribution in [-0.4, -0.2) is 45.2 Å². The first kappa shape index (κ1) is 18.9. The largest absolute Gasteiger partial charge is 0.497 e. The molecule has 1 atom stereocenters. The van der Waals surface area contributed by atoms with Gasteiger partial charge in [0.15, 0.2) is 0 Å².